The maximum absolute atomic E-state index is 12.3. The lowest BCUT2D eigenvalue weighted by molar-refractivity contribution is -0.150. The maximum Gasteiger partial charge on any atom is 0.410 e. The van der Waals surface area contributed by atoms with Crippen LogP contribution in [0.5, 0.6) is 0 Å². The normalized spacial score (nSPS) is 16.1. The summed E-state index contributed by atoms with van der Waals surface area (Å²) in [6.07, 6.45) is 0.767. The van der Waals surface area contributed by atoms with Gasteiger partial charge in [-0.3, -0.25) is 4.79 Å². The highest BCUT2D eigenvalue weighted by Crippen LogP contribution is 2.36. The van der Waals surface area contributed by atoms with Crippen molar-refractivity contribution in [2.75, 3.05) is 13.1 Å². The van der Waals surface area contributed by atoms with Gasteiger partial charge in [0.25, 0.3) is 6.47 Å². The number of nitrogens with zero attached hydrogens (tertiary/aromatic N) is 1. The molecule has 5 heteroatoms. The van der Waals surface area contributed by atoms with E-state index in [2.05, 4.69) is 0 Å². The van der Waals surface area contributed by atoms with Gasteiger partial charge in [0.05, 0.1) is 0 Å². The minimum absolute atomic E-state index is 0.255. The summed E-state index contributed by atoms with van der Waals surface area (Å²) in [5.41, 5.74) is 1.24. The Labute approximate surface area is 147 Å². The van der Waals surface area contributed by atoms with Crippen molar-refractivity contribution in [3.05, 3.63) is 71.8 Å². The number of carbonyl (C=O) groups excluding carboxylic acids is 2. The van der Waals surface area contributed by atoms with Gasteiger partial charge in [-0.05, 0) is 11.1 Å². The average Bonchev–Trinajstić information content (AvgIpc) is 2.68. The van der Waals surface area contributed by atoms with Gasteiger partial charge in [0, 0.05) is 25.9 Å². The Balaban J connectivity index is 1.60. The molecule has 0 aliphatic carbocycles. The van der Waals surface area contributed by atoms with Crippen molar-refractivity contribution in [2.24, 2.45) is 0 Å². The van der Waals surface area contributed by atoms with E-state index in [1.165, 1.54) is 0 Å². The van der Waals surface area contributed by atoms with E-state index in [1.807, 2.05) is 60.7 Å². The number of benzene rings is 2. The second-order valence-electron chi connectivity index (χ2n) is 6.10. The Morgan fingerprint density at radius 3 is 2.20 bits per heavy atom. The standard InChI is InChI=1S/C20H21NO4/c22-16-25-20(18-9-5-2-6-10-18)11-13-21(14-12-20)19(23)24-15-17-7-3-1-4-8-17/h1-10,16H,11-15H2. The highest BCUT2D eigenvalue weighted by atomic mass is 16.6. The zero-order valence-electron chi connectivity index (χ0n) is 14.0. The summed E-state index contributed by atoms with van der Waals surface area (Å²) in [6, 6.07) is 19.3. The first kappa shape index (κ1) is 17.0. The molecule has 0 atom stereocenters. The number of hydrogen-bond acceptors (Lipinski definition) is 4. The van der Waals surface area contributed by atoms with Crippen LogP contribution < -0.4 is 0 Å². The first-order valence-electron chi connectivity index (χ1n) is 8.36. The average molecular weight is 339 g/mol. The molecule has 2 aromatic carbocycles. The molecule has 1 fully saturated rings. The number of likely N-dealkylation sites (tertiary alicyclic amines) is 1. The third kappa shape index (κ3) is 3.99. The van der Waals surface area contributed by atoms with Crippen LogP contribution in [0.25, 0.3) is 0 Å². The second-order valence-corrected chi connectivity index (χ2v) is 6.10. The van der Waals surface area contributed by atoms with Gasteiger partial charge in [-0.2, -0.15) is 0 Å². The molecule has 0 spiro atoms. The fourth-order valence-corrected chi connectivity index (χ4v) is 3.17. The minimum Gasteiger partial charge on any atom is -0.456 e. The van der Waals surface area contributed by atoms with Crippen LogP contribution in [0, 0.1) is 0 Å². The molecule has 3 rings (SSSR count). The van der Waals surface area contributed by atoms with Crippen molar-refractivity contribution in [2.45, 2.75) is 25.0 Å². The number of piperidine rings is 1. The Bertz CT molecular complexity index is 694. The summed E-state index contributed by atoms with van der Waals surface area (Å²) in [6.45, 7) is 1.72. The van der Waals surface area contributed by atoms with Gasteiger partial charge in [0.15, 0.2) is 0 Å². The van der Waals surface area contributed by atoms with E-state index in [-0.39, 0.29) is 12.7 Å². The Morgan fingerprint density at radius 2 is 1.60 bits per heavy atom. The van der Waals surface area contributed by atoms with Gasteiger partial charge >= 0.3 is 6.09 Å². The second kappa shape index (κ2) is 7.83. The molecule has 1 aliphatic rings. The Hall–Kier alpha value is -2.82. The predicted octanol–water partition coefficient (Wildman–Crippen LogP) is 3.49. The molecule has 130 valence electrons. The van der Waals surface area contributed by atoms with Crippen molar-refractivity contribution in [1.82, 2.24) is 4.90 Å². The SMILES string of the molecule is O=COC1(c2ccccc2)CCN(C(=O)OCc2ccccc2)CC1. The van der Waals surface area contributed by atoms with Crippen molar-refractivity contribution < 1.29 is 19.1 Å². The molecule has 1 heterocycles. The number of rotatable bonds is 5. The number of ether oxygens (including phenoxy) is 2. The quantitative estimate of drug-likeness (QED) is 0.783. The van der Waals surface area contributed by atoms with Crippen molar-refractivity contribution in [3.63, 3.8) is 0 Å². The molecule has 0 unspecified atom stereocenters. The molecule has 0 bridgehead atoms. The van der Waals surface area contributed by atoms with Crippen LogP contribution in [-0.4, -0.2) is 30.6 Å². The fraction of sp³-hybridized carbons (Fsp3) is 0.300. The molecule has 0 radical (unpaired) electrons. The van der Waals surface area contributed by atoms with Crippen LogP contribution in [0.2, 0.25) is 0 Å². The van der Waals surface area contributed by atoms with Crippen molar-refractivity contribution in [3.8, 4) is 0 Å². The molecule has 0 aromatic heterocycles. The molecular weight excluding hydrogens is 318 g/mol. The summed E-state index contributed by atoms with van der Waals surface area (Å²) in [4.78, 5) is 24.9. The molecule has 1 saturated heterocycles. The van der Waals surface area contributed by atoms with E-state index >= 15 is 0 Å². The summed E-state index contributed by atoms with van der Waals surface area (Å²) < 4.78 is 10.8. The summed E-state index contributed by atoms with van der Waals surface area (Å²) in [7, 11) is 0. The summed E-state index contributed by atoms with van der Waals surface area (Å²) >= 11 is 0. The third-order valence-corrected chi connectivity index (χ3v) is 4.61. The van der Waals surface area contributed by atoms with Crippen LogP contribution in [0.3, 0.4) is 0 Å². The highest BCUT2D eigenvalue weighted by Gasteiger charge is 2.39. The Morgan fingerprint density at radius 1 is 1.00 bits per heavy atom. The number of hydrogen-bond donors (Lipinski definition) is 0. The third-order valence-electron chi connectivity index (χ3n) is 4.61. The van der Waals surface area contributed by atoms with E-state index in [0.717, 1.165) is 11.1 Å². The van der Waals surface area contributed by atoms with E-state index in [0.29, 0.717) is 32.4 Å². The first-order valence-corrected chi connectivity index (χ1v) is 8.36. The van der Waals surface area contributed by atoms with Gasteiger partial charge in [0.1, 0.15) is 12.2 Å². The Kier molecular flexibility index (Phi) is 5.33. The van der Waals surface area contributed by atoms with Gasteiger partial charge in [-0.15, -0.1) is 0 Å². The summed E-state index contributed by atoms with van der Waals surface area (Å²) in [5.74, 6) is 0. The molecule has 25 heavy (non-hydrogen) atoms. The monoisotopic (exact) mass is 339 g/mol. The predicted molar refractivity (Wildman–Crippen MR) is 92.7 cm³/mol. The zero-order chi connectivity index (χ0) is 17.5. The first-order chi connectivity index (χ1) is 12.2. The maximum atomic E-state index is 12.3. The lowest BCUT2D eigenvalue weighted by Gasteiger charge is -2.40. The van der Waals surface area contributed by atoms with Gasteiger partial charge in [0.2, 0.25) is 0 Å². The fourth-order valence-electron chi connectivity index (χ4n) is 3.17. The highest BCUT2D eigenvalue weighted by molar-refractivity contribution is 5.67. The molecule has 0 saturated carbocycles. The largest absolute Gasteiger partial charge is 0.456 e. The van der Waals surface area contributed by atoms with Crippen LogP contribution in [0.4, 0.5) is 4.79 Å². The topological polar surface area (TPSA) is 55.8 Å². The number of carbonyl (C=O) groups is 2. The van der Waals surface area contributed by atoms with Crippen LogP contribution in [0.1, 0.15) is 24.0 Å². The molecule has 1 aliphatic heterocycles. The molecular formula is C20H21NO4. The molecule has 2 aromatic rings. The van der Waals surface area contributed by atoms with Gasteiger partial charge in [-0.25, -0.2) is 4.79 Å². The lowest BCUT2D eigenvalue weighted by atomic mass is 9.84. The lowest BCUT2D eigenvalue weighted by Crippen LogP contribution is -2.46. The molecule has 5 nitrogen and oxygen atoms in total. The van der Waals surface area contributed by atoms with Crippen molar-refractivity contribution in [1.29, 1.82) is 0 Å². The molecule has 0 N–H and O–H groups in total. The van der Waals surface area contributed by atoms with E-state index in [4.69, 9.17) is 9.47 Å². The molecule has 1 amide bonds. The van der Waals surface area contributed by atoms with E-state index < -0.39 is 5.60 Å². The van der Waals surface area contributed by atoms with Crippen LogP contribution in [0.15, 0.2) is 60.7 Å². The minimum atomic E-state index is -0.667. The van der Waals surface area contributed by atoms with Crippen molar-refractivity contribution >= 4 is 12.6 Å². The van der Waals surface area contributed by atoms with Crippen LogP contribution in [-0.2, 0) is 26.5 Å². The smallest absolute Gasteiger partial charge is 0.410 e. The zero-order valence-corrected chi connectivity index (χ0v) is 14.0. The van der Waals surface area contributed by atoms with Crippen LogP contribution >= 0.6 is 0 Å². The van der Waals surface area contributed by atoms with Gasteiger partial charge < -0.3 is 14.4 Å². The van der Waals surface area contributed by atoms with Gasteiger partial charge in [-0.1, -0.05) is 60.7 Å². The number of amides is 1. The summed E-state index contributed by atoms with van der Waals surface area (Å²) in [5, 5.41) is 0. The van der Waals surface area contributed by atoms with E-state index in [9.17, 15) is 9.59 Å². The van der Waals surface area contributed by atoms with E-state index in [1.54, 1.807) is 4.90 Å².